The number of Topliss-reactive ketones (excluding diaryl/α,β-unsaturated/α-hetero) is 1. The van der Waals surface area contributed by atoms with Gasteiger partial charge >= 0.3 is 5.91 Å². The minimum Gasteiger partial charge on any atom is -0.507 e. The lowest BCUT2D eigenvalue weighted by Gasteiger charge is -2.23. The molecule has 2 aliphatic rings. The number of anilines is 1. The van der Waals surface area contributed by atoms with E-state index in [0.717, 1.165) is 26.9 Å². The number of rotatable bonds is 4. The monoisotopic (exact) mass is 541 g/mol. The lowest BCUT2D eigenvalue weighted by Crippen LogP contribution is -2.29. The number of amides is 1. The van der Waals surface area contributed by atoms with Crippen LogP contribution in [0.15, 0.2) is 60.2 Å². The number of fused-ring (bicyclic) bond motifs is 2. The van der Waals surface area contributed by atoms with Crippen LogP contribution in [0.2, 0.25) is 0 Å². The van der Waals surface area contributed by atoms with Crippen molar-refractivity contribution in [3.05, 3.63) is 98.1 Å². The third-order valence-corrected chi connectivity index (χ3v) is 8.06. The molecule has 196 valence electrons. The second-order valence-corrected chi connectivity index (χ2v) is 10.9. The number of carbonyl (C=O) groups excluding carboxylic acids is 2. The van der Waals surface area contributed by atoms with Crippen LogP contribution < -0.4 is 9.64 Å². The van der Waals surface area contributed by atoms with Gasteiger partial charge in [0.15, 0.2) is 5.13 Å². The number of thiazole rings is 1. The highest BCUT2D eigenvalue weighted by Crippen LogP contribution is 2.45. The topological polar surface area (TPSA) is 123 Å². The lowest BCUT2D eigenvalue weighted by molar-refractivity contribution is -0.384. The Morgan fingerprint density at radius 2 is 1.87 bits per heavy atom. The van der Waals surface area contributed by atoms with E-state index in [-0.39, 0.29) is 23.1 Å². The summed E-state index contributed by atoms with van der Waals surface area (Å²) in [6, 6.07) is 13.7. The number of ketones is 1. The Balaban J connectivity index is 1.54. The van der Waals surface area contributed by atoms with Crippen LogP contribution in [0.25, 0.3) is 16.0 Å². The molecule has 9 nitrogen and oxygen atoms in total. The van der Waals surface area contributed by atoms with E-state index in [0.29, 0.717) is 28.4 Å². The smallest absolute Gasteiger partial charge is 0.301 e. The van der Waals surface area contributed by atoms with E-state index in [1.807, 2.05) is 32.9 Å². The number of carbonyl (C=O) groups is 2. The summed E-state index contributed by atoms with van der Waals surface area (Å²) in [6.07, 6.45) is 0.648. The Morgan fingerprint density at radius 1 is 1.13 bits per heavy atom. The second-order valence-electron chi connectivity index (χ2n) is 9.90. The first-order valence-electron chi connectivity index (χ1n) is 12.4. The van der Waals surface area contributed by atoms with Gasteiger partial charge in [0.2, 0.25) is 0 Å². The fraction of sp³-hybridized carbons (Fsp3) is 0.207. The molecule has 0 spiro atoms. The number of aryl methyl sites for hydroxylation is 2. The van der Waals surface area contributed by atoms with Gasteiger partial charge in [-0.3, -0.25) is 24.6 Å². The molecule has 3 aromatic carbocycles. The number of aromatic nitrogens is 1. The summed E-state index contributed by atoms with van der Waals surface area (Å²) in [5.41, 5.74) is 4.17. The molecular weight excluding hydrogens is 518 g/mol. The Morgan fingerprint density at radius 3 is 2.59 bits per heavy atom. The predicted octanol–water partition coefficient (Wildman–Crippen LogP) is 5.77. The molecule has 4 aromatic rings. The second kappa shape index (κ2) is 9.02. The van der Waals surface area contributed by atoms with Gasteiger partial charge in [0.25, 0.3) is 11.5 Å². The van der Waals surface area contributed by atoms with Gasteiger partial charge in [-0.25, -0.2) is 4.98 Å². The van der Waals surface area contributed by atoms with Crippen LogP contribution in [0.4, 0.5) is 10.8 Å². The van der Waals surface area contributed by atoms with Gasteiger partial charge in [-0.1, -0.05) is 17.4 Å². The van der Waals surface area contributed by atoms with Crippen LogP contribution in [0, 0.1) is 24.0 Å². The molecule has 2 aliphatic heterocycles. The van der Waals surface area contributed by atoms with Crippen molar-refractivity contribution < 1.29 is 24.4 Å². The molecule has 0 saturated carbocycles. The van der Waals surface area contributed by atoms with E-state index < -0.39 is 22.7 Å². The minimum absolute atomic E-state index is 0.00536. The van der Waals surface area contributed by atoms with Gasteiger partial charge in [-0.2, -0.15) is 0 Å². The van der Waals surface area contributed by atoms with Crippen LogP contribution in [0.5, 0.6) is 5.75 Å². The van der Waals surface area contributed by atoms with Crippen molar-refractivity contribution in [1.29, 1.82) is 0 Å². The normalized spacial score (nSPS) is 19.9. The van der Waals surface area contributed by atoms with Crippen LogP contribution in [-0.2, 0) is 16.0 Å². The number of ether oxygens (including phenoxy) is 1. The Kier molecular flexibility index (Phi) is 5.72. The van der Waals surface area contributed by atoms with Crippen LogP contribution in [0.3, 0.4) is 0 Å². The first kappa shape index (κ1) is 24.7. The van der Waals surface area contributed by atoms with Crippen LogP contribution in [0.1, 0.15) is 40.8 Å². The zero-order chi connectivity index (χ0) is 27.6. The first-order chi connectivity index (χ1) is 18.6. The summed E-state index contributed by atoms with van der Waals surface area (Å²) in [5, 5.41) is 23.1. The zero-order valence-corrected chi connectivity index (χ0v) is 22.1. The van der Waals surface area contributed by atoms with Gasteiger partial charge in [-0.15, -0.1) is 0 Å². The number of nitro benzene ring substituents is 1. The Bertz CT molecular complexity index is 1740. The van der Waals surface area contributed by atoms with E-state index in [1.54, 1.807) is 18.2 Å². The van der Waals surface area contributed by atoms with Gasteiger partial charge in [0.05, 0.1) is 26.8 Å². The lowest BCUT2D eigenvalue weighted by atomic mass is 9.94. The molecule has 0 bridgehead atoms. The van der Waals surface area contributed by atoms with Gasteiger partial charge < -0.3 is 9.84 Å². The molecule has 6 rings (SSSR count). The molecule has 0 radical (unpaired) electrons. The number of aliphatic hydroxyl groups is 1. The molecule has 10 heteroatoms. The maximum absolute atomic E-state index is 13.5. The fourth-order valence-electron chi connectivity index (χ4n) is 5.31. The number of hydrogen-bond donors (Lipinski definition) is 1. The minimum atomic E-state index is -1.03. The summed E-state index contributed by atoms with van der Waals surface area (Å²) in [5.74, 6) is -1.29. The molecule has 39 heavy (non-hydrogen) atoms. The van der Waals surface area contributed by atoms with Gasteiger partial charge in [0.1, 0.15) is 17.6 Å². The summed E-state index contributed by atoms with van der Waals surface area (Å²) in [7, 11) is 0. The molecular formula is C29H23N3O6S. The highest BCUT2D eigenvalue weighted by molar-refractivity contribution is 7.22. The molecule has 2 atom stereocenters. The van der Waals surface area contributed by atoms with Crippen molar-refractivity contribution in [2.75, 3.05) is 4.90 Å². The van der Waals surface area contributed by atoms with Gasteiger partial charge in [-0.05, 0) is 79.4 Å². The van der Waals surface area contributed by atoms with Crippen molar-refractivity contribution in [1.82, 2.24) is 4.98 Å². The number of nitro groups is 1. The van der Waals surface area contributed by atoms with Crippen molar-refractivity contribution in [3.63, 3.8) is 0 Å². The third kappa shape index (κ3) is 4.04. The van der Waals surface area contributed by atoms with Gasteiger partial charge in [0, 0.05) is 24.1 Å². The largest absolute Gasteiger partial charge is 0.507 e. The molecule has 1 amide bonds. The van der Waals surface area contributed by atoms with E-state index in [9.17, 15) is 24.8 Å². The van der Waals surface area contributed by atoms with E-state index >= 15 is 0 Å². The van der Waals surface area contributed by atoms with E-state index in [1.165, 1.54) is 40.5 Å². The quantitative estimate of drug-likeness (QED) is 0.114. The highest BCUT2D eigenvalue weighted by Gasteiger charge is 2.48. The first-order valence-corrected chi connectivity index (χ1v) is 13.2. The number of nitrogens with zero attached hydrogens (tertiary/aromatic N) is 3. The number of hydrogen-bond acceptors (Lipinski definition) is 8. The van der Waals surface area contributed by atoms with Crippen molar-refractivity contribution >= 4 is 49.8 Å². The van der Waals surface area contributed by atoms with E-state index in [2.05, 4.69) is 0 Å². The molecule has 1 saturated heterocycles. The SMILES string of the molecule is Cc1cc(C)c2nc(N3C(=O)C(=O)C(=C(O)c4ccc5c(c4)CC(C)O5)C3c3ccc([N+](=O)[O-])cc3)sc2c1. The molecule has 1 fully saturated rings. The van der Waals surface area contributed by atoms with Crippen molar-refractivity contribution in [2.45, 2.75) is 39.3 Å². The summed E-state index contributed by atoms with van der Waals surface area (Å²) < 4.78 is 6.62. The average molecular weight is 542 g/mol. The zero-order valence-electron chi connectivity index (χ0n) is 21.3. The fourth-order valence-corrected chi connectivity index (χ4v) is 6.48. The molecule has 1 N–H and O–H groups in total. The number of aliphatic hydroxyl groups excluding tert-OH is 1. The molecule has 2 unspecified atom stereocenters. The molecule has 1 aromatic heterocycles. The average Bonchev–Trinajstić information content (AvgIpc) is 3.56. The Hall–Kier alpha value is -4.57. The van der Waals surface area contributed by atoms with Crippen molar-refractivity contribution in [2.24, 2.45) is 0 Å². The summed E-state index contributed by atoms with van der Waals surface area (Å²) in [4.78, 5) is 43.8. The summed E-state index contributed by atoms with van der Waals surface area (Å²) in [6.45, 7) is 5.84. The van der Waals surface area contributed by atoms with Crippen molar-refractivity contribution in [3.8, 4) is 5.75 Å². The van der Waals surface area contributed by atoms with Crippen LogP contribution >= 0.6 is 11.3 Å². The molecule has 0 aliphatic carbocycles. The maximum atomic E-state index is 13.5. The number of non-ortho nitro benzene ring substituents is 1. The predicted molar refractivity (Wildman–Crippen MR) is 147 cm³/mol. The molecule has 3 heterocycles. The number of benzene rings is 3. The Labute approximate surface area is 227 Å². The van der Waals surface area contributed by atoms with E-state index in [4.69, 9.17) is 9.72 Å². The summed E-state index contributed by atoms with van der Waals surface area (Å²) >= 11 is 1.27. The third-order valence-electron chi connectivity index (χ3n) is 7.06. The maximum Gasteiger partial charge on any atom is 0.301 e. The standard InChI is InChI=1S/C29H23N3O6S/c1-14-10-15(2)24-22(11-14)39-29(30-24)31-25(17-4-7-20(8-5-17)32(36)37)23(27(34)28(31)35)26(33)18-6-9-21-19(13-18)12-16(3)38-21/h4-11,13,16,25,33H,12H2,1-3H3. The van der Waals surface area contributed by atoms with Crippen LogP contribution in [-0.4, -0.2) is 32.8 Å². The highest BCUT2D eigenvalue weighted by atomic mass is 32.1.